The molecule has 28 heavy (non-hydrogen) atoms. The van der Waals surface area contributed by atoms with E-state index in [1.807, 2.05) is 37.3 Å². The molecule has 9 nitrogen and oxygen atoms in total. The molecule has 0 spiro atoms. The van der Waals surface area contributed by atoms with Gasteiger partial charge in [0.25, 0.3) is 0 Å². The summed E-state index contributed by atoms with van der Waals surface area (Å²) in [5.41, 5.74) is 2.66. The molecule has 146 valence electrons. The fourth-order valence-corrected chi connectivity index (χ4v) is 3.44. The molecule has 0 aromatic carbocycles. The number of pyridine rings is 1. The van der Waals surface area contributed by atoms with Crippen molar-refractivity contribution in [3.05, 3.63) is 41.7 Å². The number of rotatable bonds is 6. The fourth-order valence-electron chi connectivity index (χ4n) is 3.44. The zero-order chi connectivity index (χ0) is 19.3. The van der Waals surface area contributed by atoms with Crippen LogP contribution < -0.4 is 4.90 Å². The minimum atomic E-state index is -0.0965. The van der Waals surface area contributed by atoms with Gasteiger partial charge in [-0.3, -0.25) is 9.78 Å². The Morgan fingerprint density at radius 3 is 2.89 bits per heavy atom. The molecule has 0 amide bonds. The second-order valence-electron chi connectivity index (χ2n) is 7.02. The van der Waals surface area contributed by atoms with Crippen LogP contribution in [0.25, 0.3) is 5.65 Å². The van der Waals surface area contributed by atoms with Crippen molar-refractivity contribution in [2.45, 2.75) is 32.6 Å². The minimum Gasteiger partial charge on any atom is -0.465 e. The summed E-state index contributed by atoms with van der Waals surface area (Å²) < 4.78 is 6.91. The summed E-state index contributed by atoms with van der Waals surface area (Å²) in [5, 5.41) is 15.7. The molecule has 0 bridgehead atoms. The Balaban J connectivity index is 1.21. The molecule has 0 unspecified atom stereocenters. The van der Waals surface area contributed by atoms with Crippen molar-refractivity contribution in [1.82, 2.24) is 30.2 Å². The number of hydrogen-bond donors (Lipinski definition) is 0. The summed E-state index contributed by atoms with van der Waals surface area (Å²) >= 11 is 0. The number of nitrogens with zero attached hydrogens (tertiary/aromatic N) is 7. The fraction of sp³-hybridized carbons (Fsp3) is 0.474. The minimum absolute atomic E-state index is 0.0508. The number of hydrogen-bond acceptors (Lipinski definition) is 8. The first kappa shape index (κ1) is 18.3. The number of ether oxygens (including phenoxy) is 1. The number of aromatic nitrogens is 6. The van der Waals surface area contributed by atoms with Gasteiger partial charge in [-0.1, -0.05) is 6.07 Å². The quantitative estimate of drug-likeness (QED) is 0.469. The van der Waals surface area contributed by atoms with Crippen molar-refractivity contribution in [2.24, 2.45) is 5.92 Å². The van der Waals surface area contributed by atoms with Gasteiger partial charge in [0.2, 0.25) is 0 Å². The summed E-state index contributed by atoms with van der Waals surface area (Å²) in [6.07, 6.45) is 3.12. The van der Waals surface area contributed by atoms with E-state index in [1.54, 1.807) is 0 Å². The van der Waals surface area contributed by atoms with E-state index in [0.717, 1.165) is 56.0 Å². The predicted molar refractivity (Wildman–Crippen MR) is 102 cm³/mol. The van der Waals surface area contributed by atoms with Gasteiger partial charge in [0.05, 0.1) is 12.5 Å². The standard InChI is InChI=1S/C19H23N7O2/c1-14-4-2-5-16(20-14)6-3-13-28-19(27)15-9-11-25(12-10-15)18-8-7-17-21-23-24-26(17)22-18/h2,4-5,7-8,15H,3,6,9-13H2,1H3. The van der Waals surface area contributed by atoms with Crippen molar-refractivity contribution in [3.63, 3.8) is 0 Å². The molecule has 0 atom stereocenters. The van der Waals surface area contributed by atoms with Gasteiger partial charge in [-0.05, 0) is 67.3 Å². The van der Waals surface area contributed by atoms with E-state index in [1.165, 1.54) is 4.63 Å². The SMILES string of the molecule is Cc1cccc(CCCOC(=O)C2CCN(c3ccc4nnnn4n3)CC2)n1. The molecule has 1 saturated heterocycles. The van der Waals surface area contributed by atoms with E-state index in [9.17, 15) is 4.79 Å². The molecule has 0 radical (unpaired) electrons. The van der Waals surface area contributed by atoms with Gasteiger partial charge in [-0.15, -0.1) is 14.8 Å². The van der Waals surface area contributed by atoms with E-state index >= 15 is 0 Å². The number of piperidine rings is 1. The molecular weight excluding hydrogens is 358 g/mol. The van der Waals surface area contributed by atoms with Gasteiger partial charge in [-0.2, -0.15) is 0 Å². The largest absolute Gasteiger partial charge is 0.465 e. The number of esters is 1. The van der Waals surface area contributed by atoms with Crippen LogP contribution in [0, 0.1) is 12.8 Å². The lowest BCUT2D eigenvalue weighted by molar-refractivity contribution is -0.149. The van der Waals surface area contributed by atoms with Crippen LogP contribution >= 0.6 is 0 Å². The first-order chi connectivity index (χ1) is 13.7. The lowest BCUT2D eigenvalue weighted by Gasteiger charge is -2.31. The van der Waals surface area contributed by atoms with E-state index in [4.69, 9.17) is 4.74 Å². The Labute approximate surface area is 162 Å². The molecule has 1 aliphatic heterocycles. The third-order valence-corrected chi connectivity index (χ3v) is 4.98. The van der Waals surface area contributed by atoms with Crippen molar-refractivity contribution in [1.29, 1.82) is 0 Å². The second kappa shape index (κ2) is 8.28. The zero-order valence-electron chi connectivity index (χ0n) is 15.9. The third-order valence-electron chi connectivity index (χ3n) is 4.98. The average molecular weight is 381 g/mol. The highest BCUT2D eigenvalue weighted by atomic mass is 16.5. The van der Waals surface area contributed by atoms with Crippen LogP contribution in [0.1, 0.15) is 30.7 Å². The lowest BCUT2D eigenvalue weighted by atomic mass is 9.97. The van der Waals surface area contributed by atoms with Crippen molar-refractivity contribution < 1.29 is 9.53 Å². The first-order valence-electron chi connectivity index (χ1n) is 9.58. The highest BCUT2D eigenvalue weighted by Crippen LogP contribution is 2.22. The molecule has 4 heterocycles. The zero-order valence-corrected chi connectivity index (χ0v) is 15.9. The summed E-state index contributed by atoms with van der Waals surface area (Å²) in [4.78, 5) is 19.0. The molecule has 0 aliphatic carbocycles. The summed E-state index contributed by atoms with van der Waals surface area (Å²) in [7, 11) is 0. The van der Waals surface area contributed by atoms with Crippen molar-refractivity contribution >= 4 is 17.4 Å². The maximum absolute atomic E-state index is 12.3. The van der Waals surface area contributed by atoms with Crippen LogP contribution in [0.2, 0.25) is 0 Å². The Bertz CT molecular complexity index is 950. The van der Waals surface area contributed by atoms with Crippen molar-refractivity contribution in [2.75, 3.05) is 24.6 Å². The Morgan fingerprint density at radius 1 is 1.21 bits per heavy atom. The number of aryl methyl sites for hydroxylation is 2. The Kier molecular flexibility index (Phi) is 5.41. The lowest BCUT2D eigenvalue weighted by Crippen LogP contribution is -2.37. The van der Waals surface area contributed by atoms with E-state index in [2.05, 4.69) is 30.5 Å². The van der Waals surface area contributed by atoms with Gasteiger partial charge in [0.15, 0.2) is 11.5 Å². The molecule has 1 aliphatic rings. The van der Waals surface area contributed by atoms with E-state index in [-0.39, 0.29) is 11.9 Å². The van der Waals surface area contributed by atoms with Gasteiger partial charge >= 0.3 is 5.97 Å². The topological polar surface area (TPSA) is 98.4 Å². The Morgan fingerprint density at radius 2 is 2.07 bits per heavy atom. The van der Waals surface area contributed by atoms with Crippen LogP contribution in [0.15, 0.2) is 30.3 Å². The number of carbonyl (C=O) groups is 1. The van der Waals surface area contributed by atoms with Crippen molar-refractivity contribution in [3.8, 4) is 0 Å². The summed E-state index contributed by atoms with van der Waals surface area (Å²) in [5.74, 6) is 0.670. The number of carbonyl (C=O) groups excluding carboxylic acids is 1. The summed E-state index contributed by atoms with van der Waals surface area (Å²) in [6, 6.07) is 9.73. The molecule has 3 aromatic rings. The number of tetrazole rings is 1. The maximum Gasteiger partial charge on any atom is 0.309 e. The first-order valence-corrected chi connectivity index (χ1v) is 9.58. The van der Waals surface area contributed by atoms with Crippen LogP contribution in [-0.4, -0.2) is 55.9 Å². The van der Waals surface area contributed by atoms with Gasteiger partial charge in [0, 0.05) is 24.5 Å². The Hall–Kier alpha value is -3.10. The van der Waals surface area contributed by atoms with Crippen LogP contribution in [0.4, 0.5) is 5.82 Å². The molecule has 9 heteroatoms. The molecular formula is C19H23N7O2. The molecule has 0 saturated carbocycles. The number of anilines is 1. The number of fused-ring (bicyclic) bond motifs is 1. The molecule has 3 aromatic heterocycles. The van der Waals surface area contributed by atoms with Crippen LogP contribution in [0.5, 0.6) is 0 Å². The van der Waals surface area contributed by atoms with Gasteiger partial charge in [-0.25, -0.2) is 0 Å². The van der Waals surface area contributed by atoms with Crippen LogP contribution in [-0.2, 0) is 16.0 Å². The van der Waals surface area contributed by atoms with E-state index < -0.39 is 0 Å². The highest BCUT2D eigenvalue weighted by Gasteiger charge is 2.27. The highest BCUT2D eigenvalue weighted by molar-refractivity contribution is 5.72. The monoisotopic (exact) mass is 381 g/mol. The molecule has 0 N–H and O–H groups in total. The van der Waals surface area contributed by atoms with Crippen LogP contribution in [0.3, 0.4) is 0 Å². The predicted octanol–water partition coefficient (Wildman–Crippen LogP) is 1.62. The van der Waals surface area contributed by atoms with Gasteiger partial charge in [0.1, 0.15) is 0 Å². The third kappa shape index (κ3) is 4.24. The second-order valence-corrected chi connectivity index (χ2v) is 7.02. The van der Waals surface area contributed by atoms with Gasteiger partial charge < -0.3 is 9.64 Å². The molecule has 4 rings (SSSR count). The summed E-state index contributed by atoms with van der Waals surface area (Å²) in [6.45, 7) is 3.93. The van der Waals surface area contributed by atoms with E-state index in [0.29, 0.717) is 12.3 Å². The smallest absolute Gasteiger partial charge is 0.309 e. The maximum atomic E-state index is 12.3. The average Bonchev–Trinajstić information content (AvgIpc) is 3.19. The molecule has 1 fully saturated rings. The normalized spacial score (nSPS) is 15.1.